The Bertz CT molecular complexity index is 418. The Morgan fingerprint density at radius 3 is 2.31 bits per heavy atom. The van der Waals surface area contributed by atoms with Gasteiger partial charge >= 0.3 is 12.1 Å². The number of aliphatic carboxylic acids is 1. The molecule has 0 spiro atoms. The molecule has 0 radical (unpaired) electrons. The Labute approximate surface area is 98.6 Å². The first kappa shape index (κ1) is 13.1. The predicted molar refractivity (Wildman–Crippen MR) is 52.9 cm³/mol. The van der Waals surface area contributed by atoms with Gasteiger partial charge in [-0.2, -0.15) is 13.2 Å². The molecule has 7 heteroatoms. The molecule has 0 heterocycles. The van der Waals surface area contributed by atoms with E-state index in [-0.39, 0.29) is 5.02 Å². The lowest BCUT2D eigenvalue weighted by Crippen LogP contribution is -2.28. The molecule has 1 N–H and O–H groups in total. The predicted octanol–water partition coefficient (Wildman–Crippen LogP) is 3.72. The second-order valence-corrected chi connectivity index (χ2v) is 3.74. The van der Waals surface area contributed by atoms with Gasteiger partial charge in [0.1, 0.15) is 0 Å². The maximum Gasteiger partial charge on any atom is 0.406 e. The molecule has 16 heavy (non-hydrogen) atoms. The molecule has 0 aliphatic carbocycles. The largest absolute Gasteiger partial charge is 0.481 e. The highest BCUT2D eigenvalue weighted by Crippen LogP contribution is 2.40. The molecule has 0 saturated carbocycles. The smallest absolute Gasteiger partial charge is 0.406 e. The highest BCUT2D eigenvalue weighted by molar-refractivity contribution is 6.42. The molecule has 0 aliphatic rings. The molecule has 1 unspecified atom stereocenters. The quantitative estimate of drug-likeness (QED) is 0.891. The summed E-state index contributed by atoms with van der Waals surface area (Å²) in [6.07, 6.45) is -4.92. The average Bonchev–Trinajstić information content (AvgIpc) is 2.09. The summed E-state index contributed by atoms with van der Waals surface area (Å²) in [4.78, 5) is 10.6. The summed E-state index contributed by atoms with van der Waals surface area (Å²) in [6.45, 7) is 0. The molecule has 1 atom stereocenters. The monoisotopic (exact) mass is 272 g/mol. The summed E-state index contributed by atoms with van der Waals surface area (Å²) in [5.41, 5.74) is -0.561. The Balaban J connectivity index is 3.33. The van der Waals surface area contributed by atoms with E-state index in [1.165, 1.54) is 12.1 Å². The Kier molecular flexibility index (Phi) is 3.70. The molecule has 0 bridgehead atoms. The van der Waals surface area contributed by atoms with Crippen LogP contribution in [0.3, 0.4) is 0 Å². The molecule has 0 aromatic heterocycles. The minimum atomic E-state index is -4.92. The molecular weight excluding hydrogens is 268 g/mol. The van der Waals surface area contributed by atoms with Gasteiger partial charge in [0.15, 0.2) is 5.92 Å². The van der Waals surface area contributed by atoms with E-state index < -0.39 is 28.6 Å². The molecule has 88 valence electrons. The average molecular weight is 273 g/mol. The lowest BCUT2D eigenvalue weighted by molar-refractivity contribution is -0.176. The van der Waals surface area contributed by atoms with Crippen LogP contribution in [0.1, 0.15) is 11.5 Å². The minimum Gasteiger partial charge on any atom is -0.481 e. The van der Waals surface area contributed by atoms with E-state index in [2.05, 4.69) is 0 Å². The van der Waals surface area contributed by atoms with Crippen molar-refractivity contribution in [2.24, 2.45) is 0 Å². The third-order valence-corrected chi connectivity index (χ3v) is 2.70. The van der Waals surface area contributed by atoms with Crippen molar-refractivity contribution in [2.45, 2.75) is 12.1 Å². The molecule has 1 rings (SSSR count). The maximum absolute atomic E-state index is 12.5. The van der Waals surface area contributed by atoms with Crippen molar-refractivity contribution in [3.05, 3.63) is 33.8 Å². The lowest BCUT2D eigenvalue weighted by Gasteiger charge is -2.17. The highest BCUT2D eigenvalue weighted by atomic mass is 35.5. The number of hydrogen-bond donors (Lipinski definition) is 1. The first-order valence-electron chi connectivity index (χ1n) is 3.98. The fourth-order valence-electron chi connectivity index (χ4n) is 1.19. The van der Waals surface area contributed by atoms with Gasteiger partial charge in [0.25, 0.3) is 0 Å². The van der Waals surface area contributed by atoms with Gasteiger partial charge in [-0.1, -0.05) is 35.3 Å². The zero-order valence-corrected chi connectivity index (χ0v) is 9.07. The van der Waals surface area contributed by atoms with Gasteiger partial charge in [-0.15, -0.1) is 0 Å². The van der Waals surface area contributed by atoms with Crippen LogP contribution in [-0.4, -0.2) is 17.3 Å². The first-order valence-corrected chi connectivity index (χ1v) is 4.74. The summed E-state index contributed by atoms with van der Waals surface area (Å²) in [5, 5.41) is 8.05. The van der Waals surface area contributed by atoms with E-state index in [9.17, 15) is 18.0 Å². The van der Waals surface area contributed by atoms with Crippen LogP contribution in [0.15, 0.2) is 18.2 Å². The first-order chi connectivity index (χ1) is 7.25. The Morgan fingerprint density at radius 1 is 1.31 bits per heavy atom. The number of rotatable bonds is 2. The molecule has 0 aliphatic heterocycles. The van der Waals surface area contributed by atoms with Gasteiger partial charge < -0.3 is 5.11 Å². The number of halogens is 5. The SMILES string of the molecule is O=C(O)C(c1cccc(Cl)c1Cl)C(F)(F)F. The third-order valence-electron chi connectivity index (χ3n) is 1.87. The molecule has 0 saturated heterocycles. The summed E-state index contributed by atoms with van der Waals surface area (Å²) in [7, 11) is 0. The number of carbonyl (C=O) groups is 1. The molecule has 1 aromatic carbocycles. The van der Waals surface area contributed by atoms with E-state index in [1.807, 2.05) is 0 Å². The van der Waals surface area contributed by atoms with Crippen LogP contribution in [0.25, 0.3) is 0 Å². The molecule has 0 fully saturated rings. The molecule has 2 nitrogen and oxygen atoms in total. The van der Waals surface area contributed by atoms with Crippen LogP contribution >= 0.6 is 23.2 Å². The van der Waals surface area contributed by atoms with Gasteiger partial charge in [-0.25, -0.2) is 0 Å². The molecule has 1 aromatic rings. The zero-order chi connectivity index (χ0) is 12.5. The number of benzene rings is 1. The van der Waals surface area contributed by atoms with E-state index in [4.69, 9.17) is 28.3 Å². The van der Waals surface area contributed by atoms with Crippen LogP contribution < -0.4 is 0 Å². The Hall–Kier alpha value is -0.940. The van der Waals surface area contributed by atoms with E-state index in [0.29, 0.717) is 0 Å². The third kappa shape index (κ3) is 2.59. The zero-order valence-electron chi connectivity index (χ0n) is 7.55. The standard InChI is InChI=1S/C9H5Cl2F3O2/c10-5-3-1-2-4(7(5)11)6(8(15)16)9(12,13)14/h1-3,6H,(H,15,16). The maximum atomic E-state index is 12.5. The van der Waals surface area contributed by atoms with Gasteiger partial charge in [-0.3, -0.25) is 4.79 Å². The summed E-state index contributed by atoms with van der Waals surface area (Å²) < 4.78 is 37.5. The van der Waals surface area contributed by atoms with Crippen LogP contribution in [0.5, 0.6) is 0 Å². The van der Waals surface area contributed by atoms with E-state index in [1.54, 1.807) is 0 Å². The van der Waals surface area contributed by atoms with Crippen molar-refractivity contribution >= 4 is 29.2 Å². The molecule has 0 amide bonds. The van der Waals surface area contributed by atoms with Crippen molar-refractivity contribution in [2.75, 3.05) is 0 Å². The second kappa shape index (κ2) is 4.51. The van der Waals surface area contributed by atoms with Crippen molar-refractivity contribution in [1.29, 1.82) is 0 Å². The number of alkyl halides is 3. The van der Waals surface area contributed by atoms with Crippen LogP contribution in [0.4, 0.5) is 13.2 Å². The van der Waals surface area contributed by atoms with Crippen molar-refractivity contribution in [3.63, 3.8) is 0 Å². The van der Waals surface area contributed by atoms with Crippen molar-refractivity contribution in [3.8, 4) is 0 Å². The van der Waals surface area contributed by atoms with E-state index in [0.717, 1.165) is 6.07 Å². The molecular formula is C9H5Cl2F3O2. The van der Waals surface area contributed by atoms with Gasteiger partial charge in [-0.05, 0) is 11.6 Å². The van der Waals surface area contributed by atoms with Gasteiger partial charge in [0.2, 0.25) is 0 Å². The van der Waals surface area contributed by atoms with Crippen LogP contribution in [0.2, 0.25) is 10.0 Å². The van der Waals surface area contributed by atoms with Crippen LogP contribution in [0, 0.1) is 0 Å². The topological polar surface area (TPSA) is 37.3 Å². The van der Waals surface area contributed by atoms with Crippen molar-refractivity contribution in [1.82, 2.24) is 0 Å². The van der Waals surface area contributed by atoms with Crippen molar-refractivity contribution < 1.29 is 23.1 Å². The van der Waals surface area contributed by atoms with Gasteiger partial charge in [0.05, 0.1) is 10.0 Å². The second-order valence-electron chi connectivity index (χ2n) is 2.96. The van der Waals surface area contributed by atoms with Crippen LogP contribution in [-0.2, 0) is 4.79 Å². The summed E-state index contributed by atoms with van der Waals surface area (Å²) >= 11 is 11.1. The summed E-state index contributed by atoms with van der Waals surface area (Å²) in [5.74, 6) is -4.68. The minimum absolute atomic E-state index is 0.116. The van der Waals surface area contributed by atoms with E-state index >= 15 is 0 Å². The lowest BCUT2D eigenvalue weighted by atomic mass is 9.99. The number of carboxylic acid groups (broad SMARTS) is 1. The summed E-state index contributed by atoms with van der Waals surface area (Å²) in [6, 6.07) is 3.48. The Morgan fingerprint density at radius 2 is 1.88 bits per heavy atom. The normalized spacial score (nSPS) is 13.6. The number of hydrogen-bond acceptors (Lipinski definition) is 1. The highest BCUT2D eigenvalue weighted by Gasteiger charge is 2.47. The van der Waals surface area contributed by atoms with Gasteiger partial charge in [0, 0.05) is 0 Å². The fraction of sp³-hybridized carbons (Fsp3) is 0.222. The fourth-order valence-corrected chi connectivity index (χ4v) is 1.61. The number of carboxylic acids is 1.